The van der Waals surface area contributed by atoms with Gasteiger partial charge < -0.3 is 0 Å². The molecule has 0 radical (unpaired) electrons. The second kappa shape index (κ2) is 10.6. The van der Waals surface area contributed by atoms with E-state index in [0.717, 1.165) is 25.7 Å². The van der Waals surface area contributed by atoms with Crippen LogP contribution in [-0.4, -0.2) is 48.0 Å². The molecule has 3 heterocycles. The lowest BCUT2D eigenvalue weighted by atomic mass is 10.0. The van der Waals surface area contributed by atoms with Crippen LogP contribution in [0.1, 0.15) is 53.0 Å². The van der Waals surface area contributed by atoms with Gasteiger partial charge in [-0.2, -0.15) is 5.10 Å². The summed E-state index contributed by atoms with van der Waals surface area (Å²) in [7, 11) is -3.60. The highest BCUT2D eigenvalue weighted by Crippen LogP contribution is 2.36. The van der Waals surface area contributed by atoms with Gasteiger partial charge in [0.25, 0.3) is 5.91 Å². The molecular formula is C26H25Cl2FN4O3S. The molecule has 0 atom stereocenters. The van der Waals surface area contributed by atoms with Crippen molar-refractivity contribution in [3.8, 4) is 5.69 Å². The Morgan fingerprint density at radius 1 is 1.00 bits per heavy atom. The first-order chi connectivity index (χ1) is 17.7. The average molecular weight is 563 g/mol. The molecule has 2 aliphatic rings. The average Bonchev–Trinajstić information content (AvgIpc) is 3.01. The predicted octanol–water partition coefficient (Wildman–Crippen LogP) is 5.31. The van der Waals surface area contributed by atoms with Crippen LogP contribution in [0.4, 0.5) is 4.39 Å². The molecular weight excluding hydrogens is 538 g/mol. The first-order valence-corrected chi connectivity index (χ1v) is 14.6. The molecule has 2 aliphatic heterocycles. The Hall–Kier alpha value is -2.72. The predicted molar refractivity (Wildman–Crippen MR) is 143 cm³/mol. The minimum atomic E-state index is -3.60. The van der Waals surface area contributed by atoms with E-state index in [2.05, 4.69) is 10.5 Å². The maximum Gasteiger partial charge on any atom is 0.286 e. The van der Waals surface area contributed by atoms with E-state index in [-0.39, 0.29) is 17.2 Å². The number of amides is 1. The number of hydrogen-bond acceptors (Lipinski definition) is 5. The molecule has 37 heavy (non-hydrogen) atoms. The summed E-state index contributed by atoms with van der Waals surface area (Å²) in [6, 6.07) is 10.6. The van der Waals surface area contributed by atoms with Crippen LogP contribution in [0.5, 0.6) is 0 Å². The highest BCUT2D eigenvalue weighted by Gasteiger charge is 2.35. The van der Waals surface area contributed by atoms with Crippen LogP contribution in [-0.2, 0) is 15.6 Å². The summed E-state index contributed by atoms with van der Waals surface area (Å²) in [5.74, 6) is -1.47. The van der Waals surface area contributed by atoms with Crippen molar-refractivity contribution in [2.75, 3.05) is 18.8 Å². The number of nitrogens with zero attached hydrogens (tertiary/aromatic N) is 3. The molecule has 1 fully saturated rings. The molecule has 0 saturated carbocycles. The fraction of sp³-hybridized carbons (Fsp3) is 0.308. The fourth-order valence-corrected chi connectivity index (χ4v) is 6.75. The Bertz CT molecular complexity index is 1480. The summed E-state index contributed by atoms with van der Waals surface area (Å²) in [5.41, 5.74) is 5.23. The number of halogens is 3. The van der Waals surface area contributed by atoms with Crippen LogP contribution < -0.4 is 5.43 Å². The number of nitrogens with one attached hydrogen (secondary N) is 1. The zero-order valence-electron chi connectivity index (χ0n) is 19.9. The number of hydrogen-bond donors (Lipinski definition) is 1. The Kier molecular flexibility index (Phi) is 7.40. The third-order valence-corrected chi connectivity index (χ3v) is 8.47. The third kappa shape index (κ3) is 5.75. The SMILES string of the molecule is O=C(NN1CCCCCC1)c1nn(-c2ccc(Cl)cc2Cl)c2c1CS(=O)(=O)CC2=Cc1ccc(F)cc1. The first kappa shape index (κ1) is 25.9. The molecule has 1 aromatic heterocycles. The Balaban J connectivity index is 1.67. The van der Waals surface area contributed by atoms with Crippen LogP contribution in [0.15, 0.2) is 42.5 Å². The summed E-state index contributed by atoms with van der Waals surface area (Å²) in [6.07, 6.45) is 5.80. The van der Waals surface area contributed by atoms with Gasteiger partial charge in [-0.05, 0) is 60.4 Å². The minimum absolute atomic E-state index is 0.0264. The van der Waals surface area contributed by atoms with Gasteiger partial charge in [-0.15, -0.1) is 0 Å². The highest BCUT2D eigenvalue weighted by atomic mass is 35.5. The Morgan fingerprint density at radius 3 is 2.38 bits per heavy atom. The third-order valence-electron chi connectivity index (χ3n) is 6.46. The zero-order valence-corrected chi connectivity index (χ0v) is 22.2. The van der Waals surface area contributed by atoms with Crippen molar-refractivity contribution >= 4 is 50.6 Å². The van der Waals surface area contributed by atoms with Crippen molar-refractivity contribution in [1.29, 1.82) is 0 Å². The van der Waals surface area contributed by atoms with E-state index in [9.17, 15) is 17.6 Å². The summed E-state index contributed by atoms with van der Waals surface area (Å²) in [4.78, 5) is 13.5. The van der Waals surface area contributed by atoms with E-state index in [0.29, 0.717) is 51.2 Å². The monoisotopic (exact) mass is 562 g/mol. The topological polar surface area (TPSA) is 84.3 Å². The second-order valence-corrected chi connectivity index (χ2v) is 12.2. The Labute approximate surface area is 224 Å². The summed E-state index contributed by atoms with van der Waals surface area (Å²) in [5, 5.41) is 7.19. The smallest absolute Gasteiger partial charge is 0.283 e. The van der Waals surface area contributed by atoms with Crippen molar-refractivity contribution in [2.24, 2.45) is 0 Å². The van der Waals surface area contributed by atoms with Crippen LogP contribution >= 0.6 is 23.2 Å². The lowest BCUT2D eigenvalue weighted by Crippen LogP contribution is -2.43. The van der Waals surface area contributed by atoms with Crippen molar-refractivity contribution < 1.29 is 17.6 Å². The van der Waals surface area contributed by atoms with Gasteiger partial charge in [-0.3, -0.25) is 10.2 Å². The lowest BCUT2D eigenvalue weighted by Gasteiger charge is -2.21. The summed E-state index contributed by atoms with van der Waals surface area (Å²) in [6.45, 7) is 1.43. The molecule has 11 heteroatoms. The van der Waals surface area contributed by atoms with Crippen molar-refractivity contribution in [3.05, 3.63) is 80.8 Å². The quantitative estimate of drug-likeness (QED) is 0.466. The summed E-state index contributed by atoms with van der Waals surface area (Å²) < 4.78 is 41.0. The number of fused-ring (bicyclic) bond motifs is 1. The number of rotatable bonds is 4. The van der Waals surface area contributed by atoms with Gasteiger partial charge >= 0.3 is 0 Å². The maximum absolute atomic E-state index is 13.5. The molecule has 0 spiro atoms. The summed E-state index contributed by atoms with van der Waals surface area (Å²) >= 11 is 12.6. The largest absolute Gasteiger partial charge is 0.286 e. The molecule has 5 rings (SSSR count). The molecule has 0 aliphatic carbocycles. The molecule has 7 nitrogen and oxygen atoms in total. The highest BCUT2D eigenvalue weighted by molar-refractivity contribution is 7.91. The van der Waals surface area contributed by atoms with Crippen LogP contribution in [0.25, 0.3) is 17.3 Å². The van der Waals surface area contributed by atoms with Gasteiger partial charge in [-0.25, -0.2) is 22.5 Å². The molecule has 1 amide bonds. The fourth-order valence-electron chi connectivity index (χ4n) is 4.75. The normalized spacial score (nSPS) is 18.8. The standard InChI is InChI=1S/C26H25Cl2FN4O3S/c27-19-7-10-23(22(28)14-19)33-25-18(13-17-5-8-20(29)9-6-17)15-37(35,36)16-21(25)24(30-33)26(34)31-32-11-3-1-2-4-12-32/h5-10,13-14H,1-4,11-12,15-16H2,(H,31,34). The van der Waals surface area contributed by atoms with E-state index >= 15 is 0 Å². The van der Waals surface area contributed by atoms with E-state index in [1.165, 1.54) is 16.8 Å². The molecule has 2 aromatic carbocycles. The zero-order chi connectivity index (χ0) is 26.2. The maximum atomic E-state index is 13.5. The molecule has 194 valence electrons. The number of aromatic nitrogens is 2. The van der Waals surface area contributed by atoms with Crippen molar-refractivity contribution in [2.45, 2.75) is 31.4 Å². The molecule has 3 aromatic rings. The van der Waals surface area contributed by atoms with E-state index in [1.807, 2.05) is 5.01 Å². The number of benzene rings is 2. The van der Waals surface area contributed by atoms with Crippen molar-refractivity contribution in [1.82, 2.24) is 20.2 Å². The first-order valence-electron chi connectivity index (χ1n) is 12.0. The molecule has 0 bridgehead atoms. The van der Waals surface area contributed by atoms with Gasteiger partial charge in [0.15, 0.2) is 15.5 Å². The number of sulfone groups is 1. The van der Waals surface area contributed by atoms with Crippen LogP contribution in [0, 0.1) is 5.82 Å². The molecule has 1 saturated heterocycles. The van der Waals surface area contributed by atoms with Crippen LogP contribution in [0.3, 0.4) is 0 Å². The van der Waals surface area contributed by atoms with Gasteiger partial charge in [0, 0.05) is 23.7 Å². The second-order valence-electron chi connectivity index (χ2n) is 9.28. The minimum Gasteiger partial charge on any atom is -0.283 e. The van der Waals surface area contributed by atoms with E-state index < -0.39 is 21.6 Å². The molecule has 1 N–H and O–H groups in total. The van der Waals surface area contributed by atoms with Gasteiger partial charge in [0.05, 0.1) is 27.9 Å². The van der Waals surface area contributed by atoms with E-state index in [1.54, 1.807) is 36.4 Å². The van der Waals surface area contributed by atoms with Gasteiger partial charge in [0.2, 0.25) is 0 Å². The van der Waals surface area contributed by atoms with Gasteiger partial charge in [-0.1, -0.05) is 48.2 Å². The molecule has 0 unspecified atom stereocenters. The number of carbonyl (C=O) groups excluding carboxylic acids is 1. The van der Waals surface area contributed by atoms with Crippen molar-refractivity contribution in [3.63, 3.8) is 0 Å². The number of carbonyl (C=O) groups is 1. The van der Waals surface area contributed by atoms with Crippen LogP contribution in [0.2, 0.25) is 10.0 Å². The lowest BCUT2D eigenvalue weighted by molar-refractivity contribution is 0.0787. The van der Waals surface area contributed by atoms with Gasteiger partial charge in [0.1, 0.15) is 5.82 Å². The Morgan fingerprint density at radius 2 is 1.70 bits per heavy atom. The van der Waals surface area contributed by atoms with E-state index in [4.69, 9.17) is 23.2 Å². The number of hydrazine groups is 1.